The van der Waals surface area contributed by atoms with Crippen LogP contribution in [0.3, 0.4) is 0 Å². The average molecular weight is 321 g/mol. The van der Waals surface area contributed by atoms with Gasteiger partial charge in [0, 0.05) is 17.1 Å². The minimum Gasteiger partial charge on any atom is -0.478 e. The number of rotatable bonds is 2. The number of para-hydroxylation sites is 1. The molecule has 1 aromatic carbocycles. The summed E-state index contributed by atoms with van der Waals surface area (Å²) in [5, 5.41) is 9.68. The molecule has 1 aromatic heterocycles. The molecule has 120 valence electrons. The lowest BCUT2D eigenvalue weighted by atomic mass is 9.85. The zero-order chi connectivity index (χ0) is 16.6. The van der Waals surface area contributed by atoms with Crippen LogP contribution in [-0.2, 0) is 0 Å². The van der Waals surface area contributed by atoms with Crippen LogP contribution in [-0.4, -0.2) is 22.2 Å². The van der Waals surface area contributed by atoms with Crippen LogP contribution in [0.1, 0.15) is 35.2 Å². The van der Waals surface area contributed by atoms with Crippen molar-refractivity contribution in [1.29, 1.82) is 0 Å². The summed E-state index contributed by atoms with van der Waals surface area (Å²) in [6.07, 6.45) is -0.873. The van der Waals surface area contributed by atoms with Gasteiger partial charge in [-0.15, -0.1) is 0 Å². The molecule has 0 spiro atoms. The van der Waals surface area contributed by atoms with E-state index in [9.17, 15) is 18.0 Å². The van der Waals surface area contributed by atoms with Gasteiger partial charge in [-0.1, -0.05) is 24.3 Å². The Morgan fingerprint density at radius 3 is 2.70 bits per heavy atom. The molecule has 1 heterocycles. The quantitative estimate of drug-likeness (QED) is 0.874. The number of carboxylic acids is 1. The van der Waals surface area contributed by atoms with Gasteiger partial charge < -0.3 is 5.11 Å². The summed E-state index contributed by atoms with van der Waals surface area (Å²) in [6.45, 7) is 0. The van der Waals surface area contributed by atoms with Crippen molar-refractivity contribution in [3.8, 4) is 0 Å². The highest BCUT2D eigenvalue weighted by molar-refractivity contribution is 5.96. The van der Waals surface area contributed by atoms with Crippen LogP contribution in [0.15, 0.2) is 36.5 Å². The molecule has 1 aliphatic rings. The van der Waals surface area contributed by atoms with Crippen molar-refractivity contribution >= 4 is 22.4 Å². The van der Waals surface area contributed by atoms with E-state index in [1.165, 1.54) is 12.3 Å². The van der Waals surface area contributed by atoms with E-state index in [-0.39, 0.29) is 18.4 Å². The van der Waals surface area contributed by atoms with Crippen LogP contribution in [0.25, 0.3) is 16.5 Å². The lowest BCUT2D eigenvalue weighted by molar-refractivity contribution is -0.175. The number of aromatic nitrogens is 1. The third kappa shape index (κ3) is 3.06. The summed E-state index contributed by atoms with van der Waals surface area (Å²) < 4.78 is 38.2. The van der Waals surface area contributed by atoms with E-state index in [1.807, 2.05) is 6.07 Å². The van der Waals surface area contributed by atoms with Crippen LogP contribution in [0.5, 0.6) is 0 Å². The summed E-state index contributed by atoms with van der Waals surface area (Å²) in [5.41, 5.74) is 2.32. The van der Waals surface area contributed by atoms with Gasteiger partial charge in [0.15, 0.2) is 0 Å². The molecule has 6 heteroatoms. The zero-order valence-electron chi connectivity index (χ0n) is 12.1. The van der Waals surface area contributed by atoms with Gasteiger partial charge in [0.25, 0.3) is 0 Å². The van der Waals surface area contributed by atoms with E-state index >= 15 is 0 Å². The van der Waals surface area contributed by atoms with Crippen LogP contribution < -0.4 is 0 Å². The highest BCUT2D eigenvalue weighted by atomic mass is 19.4. The molecular weight excluding hydrogens is 307 g/mol. The Bertz CT molecular complexity index is 796. The van der Waals surface area contributed by atoms with Crippen molar-refractivity contribution in [3.63, 3.8) is 0 Å². The maximum Gasteiger partial charge on any atom is 0.392 e. The van der Waals surface area contributed by atoms with E-state index in [0.29, 0.717) is 17.3 Å². The van der Waals surface area contributed by atoms with Crippen LogP contribution in [0, 0.1) is 5.92 Å². The van der Waals surface area contributed by atoms with Crippen molar-refractivity contribution in [2.75, 3.05) is 0 Å². The smallest absolute Gasteiger partial charge is 0.392 e. The summed E-state index contributed by atoms with van der Waals surface area (Å²) in [4.78, 5) is 15.2. The molecule has 3 rings (SSSR count). The normalized spacial score (nSPS) is 18.7. The molecule has 1 aliphatic carbocycles. The summed E-state index contributed by atoms with van der Waals surface area (Å²) >= 11 is 0. The van der Waals surface area contributed by atoms with Gasteiger partial charge in [-0.3, -0.25) is 4.98 Å². The van der Waals surface area contributed by atoms with Crippen LogP contribution in [0.2, 0.25) is 0 Å². The molecule has 1 unspecified atom stereocenters. The fourth-order valence-electron chi connectivity index (χ4n) is 2.91. The average Bonchev–Trinajstić information content (AvgIpc) is 2.53. The lowest BCUT2D eigenvalue weighted by Gasteiger charge is -2.24. The zero-order valence-corrected chi connectivity index (χ0v) is 12.1. The van der Waals surface area contributed by atoms with E-state index in [2.05, 4.69) is 4.98 Å². The molecule has 0 saturated carbocycles. The predicted molar refractivity (Wildman–Crippen MR) is 80.1 cm³/mol. The molecule has 2 aromatic rings. The number of carboxylic acid groups (broad SMARTS) is 1. The fraction of sp³-hybridized carbons (Fsp3) is 0.294. The van der Waals surface area contributed by atoms with Gasteiger partial charge in [0.05, 0.1) is 17.0 Å². The number of hydrogen-bond donors (Lipinski definition) is 1. The molecular formula is C17H14F3NO2. The van der Waals surface area contributed by atoms with Gasteiger partial charge in [-0.05, 0) is 30.9 Å². The second-order valence-electron chi connectivity index (χ2n) is 5.65. The Morgan fingerprint density at radius 2 is 2.09 bits per heavy atom. The highest BCUT2D eigenvalue weighted by Gasteiger charge is 2.39. The van der Waals surface area contributed by atoms with Gasteiger partial charge in [0.2, 0.25) is 0 Å². The fourth-order valence-corrected chi connectivity index (χ4v) is 2.91. The molecule has 0 saturated heterocycles. The van der Waals surface area contributed by atoms with Crippen LogP contribution >= 0.6 is 0 Å². The Hall–Kier alpha value is -2.37. The van der Waals surface area contributed by atoms with Crippen molar-refractivity contribution in [2.24, 2.45) is 5.92 Å². The monoisotopic (exact) mass is 321 g/mol. The van der Waals surface area contributed by atoms with Crippen molar-refractivity contribution in [2.45, 2.75) is 25.4 Å². The number of halogens is 3. The first-order chi connectivity index (χ1) is 10.9. The number of fused-ring (bicyclic) bond motifs is 1. The molecule has 0 fully saturated rings. The molecule has 23 heavy (non-hydrogen) atoms. The summed E-state index contributed by atoms with van der Waals surface area (Å²) in [7, 11) is 0. The second-order valence-corrected chi connectivity index (χ2v) is 5.65. The first-order valence-electron chi connectivity index (χ1n) is 7.24. The van der Waals surface area contributed by atoms with Gasteiger partial charge in [-0.25, -0.2) is 4.79 Å². The highest BCUT2D eigenvalue weighted by Crippen LogP contribution is 2.40. The van der Waals surface area contributed by atoms with E-state index in [0.717, 1.165) is 11.1 Å². The van der Waals surface area contributed by atoms with Gasteiger partial charge in [0.1, 0.15) is 0 Å². The predicted octanol–water partition coefficient (Wildman–Crippen LogP) is 4.68. The number of pyridine rings is 1. The molecule has 1 N–H and O–H groups in total. The second kappa shape index (κ2) is 5.68. The Morgan fingerprint density at radius 1 is 1.30 bits per heavy atom. The third-order valence-electron chi connectivity index (χ3n) is 4.18. The Labute approximate surface area is 130 Å². The van der Waals surface area contributed by atoms with Crippen molar-refractivity contribution < 1.29 is 23.1 Å². The molecule has 0 amide bonds. The topological polar surface area (TPSA) is 50.2 Å². The van der Waals surface area contributed by atoms with Crippen molar-refractivity contribution in [3.05, 3.63) is 47.7 Å². The standard InChI is InChI=1S/C17H14F3NO2/c18-17(19,20)13-6-4-10(5-7-13)14-3-1-2-11-8-12(16(22)23)9-21-15(11)14/h1-4,8-9,13H,5-7H2,(H,22,23). The number of carbonyl (C=O) groups is 1. The molecule has 3 nitrogen and oxygen atoms in total. The Kier molecular flexibility index (Phi) is 3.83. The van der Waals surface area contributed by atoms with E-state index in [1.54, 1.807) is 18.2 Å². The van der Waals surface area contributed by atoms with Crippen LogP contribution in [0.4, 0.5) is 13.2 Å². The first-order valence-corrected chi connectivity index (χ1v) is 7.24. The minimum absolute atomic E-state index is 0.0254. The number of nitrogens with zero attached hydrogens (tertiary/aromatic N) is 1. The van der Waals surface area contributed by atoms with E-state index < -0.39 is 18.1 Å². The summed E-state index contributed by atoms with van der Waals surface area (Å²) in [6, 6.07) is 6.85. The van der Waals surface area contributed by atoms with Gasteiger partial charge >= 0.3 is 12.1 Å². The Balaban J connectivity index is 1.98. The maximum atomic E-state index is 12.7. The molecule has 0 aliphatic heterocycles. The molecule has 0 bridgehead atoms. The number of hydrogen-bond acceptors (Lipinski definition) is 2. The maximum absolute atomic E-state index is 12.7. The first kappa shape index (κ1) is 15.5. The van der Waals surface area contributed by atoms with E-state index in [4.69, 9.17) is 5.11 Å². The minimum atomic E-state index is -4.16. The summed E-state index contributed by atoms with van der Waals surface area (Å²) in [5.74, 6) is -2.34. The third-order valence-corrected chi connectivity index (χ3v) is 4.18. The number of benzene rings is 1. The number of alkyl halides is 3. The van der Waals surface area contributed by atoms with Gasteiger partial charge in [-0.2, -0.15) is 13.2 Å². The largest absolute Gasteiger partial charge is 0.478 e. The molecule has 1 atom stereocenters. The van der Waals surface area contributed by atoms with Crippen molar-refractivity contribution in [1.82, 2.24) is 4.98 Å². The number of aromatic carboxylic acids is 1. The molecule has 0 radical (unpaired) electrons. The SMILES string of the molecule is O=C(O)c1cnc2c(C3=CCC(C(F)(F)F)CC3)cccc2c1. The lowest BCUT2D eigenvalue weighted by Crippen LogP contribution is -2.24. The number of allylic oxidation sites excluding steroid dienone is 2.